The molecule has 1 rings (SSSR count). The van der Waals surface area contributed by atoms with Crippen LogP contribution in [0.25, 0.3) is 0 Å². The highest BCUT2D eigenvalue weighted by molar-refractivity contribution is 6.65. The van der Waals surface area contributed by atoms with E-state index in [0.717, 1.165) is 18.9 Å². The largest absolute Gasteiger partial charge is 0.398 e. The molecular formula is C13H23NO2Si. The fourth-order valence-electron chi connectivity index (χ4n) is 1.75. The van der Waals surface area contributed by atoms with E-state index in [1.54, 1.807) is 14.2 Å². The van der Waals surface area contributed by atoms with E-state index in [-0.39, 0.29) is 6.04 Å². The third kappa shape index (κ3) is 5.00. The molecule has 0 saturated heterocycles. The molecule has 0 spiro atoms. The van der Waals surface area contributed by atoms with Crippen molar-refractivity contribution < 1.29 is 8.85 Å². The summed E-state index contributed by atoms with van der Waals surface area (Å²) in [6.45, 7) is 2.07. The van der Waals surface area contributed by atoms with Gasteiger partial charge in [0.25, 0.3) is 0 Å². The summed E-state index contributed by atoms with van der Waals surface area (Å²) in [5.41, 5.74) is 7.42. The predicted molar refractivity (Wildman–Crippen MR) is 73.2 cm³/mol. The zero-order valence-corrected chi connectivity index (χ0v) is 12.0. The maximum Gasteiger partial charge on any atom is 0.334 e. The SMILES string of the molecule is CO[Si](C)(CCC(N)Cc1ccccc1)OC. The minimum atomic E-state index is -1.96. The fraction of sp³-hybridized carbons (Fsp3) is 0.538. The van der Waals surface area contributed by atoms with Crippen molar-refractivity contribution in [1.29, 1.82) is 0 Å². The molecule has 0 radical (unpaired) electrons. The van der Waals surface area contributed by atoms with Crippen LogP contribution in [0.4, 0.5) is 0 Å². The fourth-order valence-corrected chi connectivity index (χ4v) is 3.22. The smallest absolute Gasteiger partial charge is 0.334 e. The molecule has 17 heavy (non-hydrogen) atoms. The third-order valence-electron chi connectivity index (χ3n) is 3.17. The molecule has 4 heteroatoms. The molecular weight excluding hydrogens is 230 g/mol. The Morgan fingerprint density at radius 1 is 1.18 bits per heavy atom. The van der Waals surface area contributed by atoms with Crippen LogP contribution >= 0.6 is 0 Å². The number of hydrogen-bond donors (Lipinski definition) is 1. The van der Waals surface area contributed by atoms with Gasteiger partial charge in [-0.15, -0.1) is 0 Å². The Morgan fingerprint density at radius 2 is 1.76 bits per heavy atom. The Balaban J connectivity index is 2.38. The van der Waals surface area contributed by atoms with Crippen molar-refractivity contribution in [3.63, 3.8) is 0 Å². The molecule has 0 aromatic heterocycles. The number of hydrogen-bond acceptors (Lipinski definition) is 3. The standard InChI is InChI=1S/C13H23NO2Si/c1-15-17(3,16-2)10-9-13(14)11-12-7-5-4-6-8-12/h4-8,13H,9-11,14H2,1-3H3. The second-order valence-corrected chi connectivity index (χ2v) is 8.11. The number of rotatable bonds is 7. The second kappa shape index (κ2) is 6.91. The lowest BCUT2D eigenvalue weighted by Crippen LogP contribution is -2.38. The molecule has 0 aliphatic carbocycles. The van der Waals surface area contributed by atoms with E-state index >= 15 is 0 Å². The average molecular weight is 253 g/mol. The van der Waals surface area contributed by atoms with Crippen LogP contribution in [0, 0.1) is 0 Å². The maximum absolute atomic E-state index is 6.13. The summed E-state index contributed by atoms with van der Waals surface area (Å²) >= 11 is 0. The van der Waals surface area contributed by atoms with Crippen LogP contribution in [0.2, 0.25) is 12.6 Å². The van der Waals surface area contributed by atoms with Crippen LogP contribution in [0.3, 0.4) is 0 Å². The molecule has 1 aromatic rings. The summed E-state index contributed by atoms with van der Waals surface area (Å²) in [6, 6.07) is 11.5. The Morgan fingerprint density at radius 3 is 2.29 bits per heavy atom. The van der Waals surface area contributed by atoms with Crippen molar-refractivity contribution in [1.82, 2.24) is 0 Å². The summed E-state index contributed by atoms with van der Waals surface area (Å²) in [4.78, 5) is 0. The molecule has 0 bridgehead atoms. The number of benzene rings is 1. The third-order valence-corrected chi connectivity index (χ3v) is 6.10. The highest BCUT2D eigenvalue weighted by Gasteiger charge is 2.28. The molecule has 0 aliphatic rings. The molecule has 0 fully saturated rings. The lowest BCUT2D eigenvalue weighted by atomic mass is 10.1. The van der Waals surface area contributed by atoms with Crippen LogP contribution < -0.4 is 5.73 Å². The lowest BCUT2D eigenvalue weighted by molar-refractivity contribution is 0.247. The van der Waals surface area contributed by atoms with Gasteiger partial charge in [0.2, 0.25) is 0 Å². The Bertz CT molecular complexity index is 314. The van der Waals surface area contributed by atoms with Crippen molar-refractivity contribution in [3.8, 4) is 0 Å². The Labute approximate surface area is 105 Å². The van der Waals surface area contributed by atoms with Gasteiger partial charge in [-0.1, -0.05) is 30.3 Å². The molecule has 3 nitrogen and oxygen atoms in total. The van der Waals surface area contributed by atoms with Gasteiger partial charge >= 0.3 is 8.56 Å². The van der Waals surface area contributed by atoms with Gasteiger partial charge in [0, 0.05) is 20.3 Å². The van der Waals surface area contributed by atoms with Crippen molar-refractivity contribution in [2.24, 2.45) is 5.73 Å². The Kier molecular flexibility index (Phi) is 5.84. The monoisotopic (exact) mass is 253 g/mol. The lowest BCUT2D eigenvalue weighted by Gasteiger charge is -2.24. The van der Waals surface area contributed by atoms with Crippen LogP contribution in [0.1, 0.15) is 12.0 Å². The molecule has 1 atom stereocenters. The summed E-state index contributed by atoms with van der Waals surface area (Å²) in [5.74, 6) is 0. The number of nitrogens with two attached hydrogens (primary N) is 1. The van der Waals surface area contributed by atoms with Gasteiger partial charge < -0.3 is 14.6 Å². The van der Waals surface area contributed by atoms with E-state index < -0.39 is 8.56 Å². The molecule has 0 aliphatic heterocycles. The summed E-state index contributed by atoms with van der Waals surface area (Å²) in [7, 11) is 1.48. The van der Waals surface area contributed by atoms with Gasteiger partial charge in [0.05, 0.1) is 0 Å². The first-order chi connectivity index (χ1) is 8.09. The quantitative estimate of drug-likeness (QED) is 0.758. The predicted octanol–water partition coefficient (Wildman–Crippen LogP) is 2.31. The molecule has 0 heterocycles. The van der Waals surface area contributed by atoms with Gasteiger partial charge in [-0.2, -0.15) is 0 Å². The van der Waals surface area contributed by atoms with Crippen molar-refractivity contribution in [2.45, 2.75) is 31.5 Å². The van der Waals surface area contributed by atoms with Crippen molar-refractivity contribution in [2.75, 3.05) is 14.2 Å². The zero-order valence-electron chi connectivity index (χ0n) is 11.0. The van der Waals surface area contributed by atoms with E-state index in [1.807, 2.05) is 18.2 Å². The maximum atomic E-state index is 6.13. The van der Waals surface area contributed by atoms with Crippen molar-refractivity contribution in [3.05, 3.63) is 35.9 Å². The zero-order chi connectivity index (χ0) is 12.7. The molecule has 1 aromatic carbocycles. The van der Waals surface area contributed by atoms with E-state index in [0.29, 0.717) is 0 Å². The van der Waals surface area contributed by atoms with Crippen LogP contribution in [0.15, 0.2) is 30.3 Å². The first-order valence-electron chi connectivity index (χ1n) is 5.99. The van der Waals surface area contributed by atoms with Gasteiger partial charge in [-0.3, -0.25) is 0 Å². The van der Waals surface area contributed by atoms with E-state index in [9.17, 15) is 0 Å². The molecule has 0 amide bonds. The van der Waals surface area contributed by atoms with Gasteiger partial charge in [0.15, 0.2) is 0 Å². The van der Waals surface area contributed by atoms with Crippen molar-refractivity contribution >= 4 is 8.56 Å². The molecule has 0 saturated carbocycles. The molecule has 96 valence electrons. The van der Waals surface area contributed by atoms with E-state index in [4.69, 9.17) is 14.6 Å². The van der Waals surface area contributed by atoms with Crippen LogP contribution in [0.5, 0.6) is 0 Å². The van der Waals surface area contributed by atoms with Gasteiger partial charge in [-0.25, -0.2) is 0 Å². The van der Waals surface area contributed by atoms with E-state index in [1.165, 1.54) is 5.56 Å². The van der Waals surface area contributed by atoms with Crippen LogP contribution in [-0.4, -0.2) is 28.8 Å². The highest BCUT2D eigenvalue weighted by atomic mass is 28.4. The molecule has 2 N–H and O–H groups in total. The summed E-state index contributed by atoms with van der Waals surface area (Å²) in [5, 5.41) is 0. The normalized spacial score (nSPS) is 13.6. The van der Waals surface area contributed by atoms with Gasteiger partial charge in [0.1, 0.15) is 0 Å². The van der Waals surface area contributed by atoms with E-state index in [2.05, 4.69) is 18.7 Å². The Hall–Kier alpha value is -0.683. The van der Waals surface area contributed by atoms with Gasteiger partial charge in [-0.05, 0) is 31.0 Å². The minimum absolute atomic E-state index is 0.175. The second-order valence-electron chi connectivity index (χ2n) is 4.53. The average Bonchev–Trinajstić information content (AvgIpc) is 2.37. The minimum Gasteiger partial charge on any atom is -0.398 e. The summed E-state index contributed by atoms with van der Waals surface area (Å²) < 4.78 is 10.9. The summed E-state index contributed by atoms with van der Waals surface area (Å²) in [6.07, 6.45) is 1.86. The highest BCUT2D eigenvalue weighted by Crippen LogP contribution is 2.16. The molecule has 1 unspecified atom stereocenters. The topological polar surface area (TPSA) is 44.5 Å². The first-order valence-corrected chi connectivity index (χ1v) is 8.52. The van der Waals surface area contributed by atoms with Crippen LogP contribution in [-0.2, 0) is 15.3 Å². The first kappa shape index (κ1) is 14.4.